The van der Waals surface area contributed by atoms with Crippen LogP contribution in [0.15, 0.2) is 12.2 Å². The summed E-state index contributed by atoms with van der Waals surface area (Å²) in [6.07, 6.45) is 7.34. The van der Waals surface area contributed by atoms with Gasteiger partial charge in [-0.2, -0.15) is 0 Å². The first kappa shape index (κ1) is 8.27. The van der Waals surface area contributed by atoms with Gasteiger partial charge in [-0.3, -0.25) is 0 Å². The summed E-state index contributed by atoms with van der Waals surface area (Å²) >= 11 is 0. The molecule has 0 heterocycles. The Morgan fingerprint density at radius 2 is 2.17 bits per heavy atom. The number of rotatable bonds is 4. The lowest BCUT2D eigenvalue weighted by molar-refractivity contribution is -0.298. The minimum atomic E-state index is 0.649. The van der Waals surface area contributed by atoms with Crippen LogP contribution >= 0.6 is 0 Å². The van der Waals surface area contributed by atoms with Crippen molar-refractivity contribution in [3.05, 3.63) is 12.2 Å². The van der Waals surface area contributed by atoms with Crippen LogP contribution in [0.4, 0.5) is 0 Å². The van der Waals surface area contributed by atoms with Crippen molar-refractivity contribution in [3.63, 3.8) is 0 Å². The standard InChI is InChI=1S/C10H16O2/c1-2-11-12-7-10-6-8-3-4-9(10)5-8/h3-4,8-10H,2,5-7H2,1H3. The topological polar surface area (TPSA) is 18.5 Å². The molecule has 0 aromatic carbocycles. The molecule has 3 unspecified atom stereocenters. The lowest BCUT2D eigenvalue weighted by Gasteiger charge is -2.16. The molecule has 0 amide bonds. The molecule has 2 bridgehead atoms. The maximum atomic E-state index is 5.09. The third-order valence-corrected chi connectivity index (χ3v) is 2.90. The van der Waals surface area contributed by atoms with Crippen molar-refractivity contribution in [1.82, 2.24) is 0 Å². The van der Waals surface area contributed by atoms with E-state index < -0.39 is 0 Å². The van der Waals surface area contributed by atoms with Gasteiger partial charge in [-0.1, -0.05) is 12.2 Å². The van der Waals surface area contributed by atoms with Crippen molar-refractivity contribution in [1.29, 1.82) is 0 Å². The molecule has 68 valence electrons. The third-order valence-electron chi connectivity index (χ3n) is 2.90. The van der Waals surface area contributed by atoms with Gasteiger partial charge in [-0.05, 0) is 37.5 Å². The summed E-state index contributed by atoms with van der Waals surface area (Å²) < 4.78 is 0. The summed E-state index contributed by atoms with van der Waals surface area (Å²) in [6, 6.07) is 0. The van der Waals surface area contributed by atoms with Gasteiger partial charge in [0.1, 0.15) is 0 Å². The molecule has 0 aromatic rings. The van der Waals surface area contributed by atoms with Gasteiger partial charge in [0.15, 0.2) is 0 Å². The van der Waals surface area contributed by atoms with Crippen molar-refractivity contribution in [3.8, 4) is 0 Å². The van der Waals surface area contributed by atoms with Gasteiger partial charge in [-0.25, -0.2) is 9.78 Å². The maximum Gasteiger partial charge on any atom is 0.0856 e. The fourth-order valence-electron chi connectivity index (χ4n) is 2.31. The molecule has 3 atom stereocenters. The molecule has 2 nitrogen and oxygen atoms in total. The lowest BCUT2D eigenvalue weighted by Crippen LogP contribution is -2.14. The molecule has 2 rings (SSSR count). The quantitative estimate of drug-likeness (QED) is 0.277. The Labute approximate surface area is 73.5 Å². The number of allylic oxidation sites excluding steroid dienone is 2. The summed E-state index contributed by atoms with van der Waals surface area (Å²) in [6.45, 7) is 3.37. The minimum absolute atomic E-state index is 0.649. The van der Waals surface area contributed by atoms with E-state index in [0.29, 0.717) is 12.5 Å². The lowest BCUT2D eigenvalue weighted by atomic mass is 9.95. The summed E-state index contributed by atoms with van der Waals surface area (Å²) in [4.78, 5) is 9.96. The summed E-state index contributed by atoms with van der Waals surface area (Å²) in [5.41, 5.74) is 0. The van der Waals surface area contributed by atoms with Gasteiger partial charge in [-0.15, -0.1) is 0 Å². The molecule has 2 aliphatic rings. The molecule has 0 saturated heterocycles. The predicted octanol–water partition coefficient (Wildman–Crippen LogP) is 2.17. The summed E-state index contributed by atoms with van der Waals surface area (Å²) in [5, 5.41) is 0. The minimum Gasteiger partial charge on any atom is -0.237 e. The molecular formula is C10H16O2. The van der Waals surface area contributed by atoms with Crippen LogP contribution in [0.25, 0.3) is 0 Å². The Kier molecular flexibility index (Phi) is 2.47. The van der Waals surface area contributed by atoms with Gasteiger partial charge in [0.25, 0.3) is 0 Å². The van der Waals surface area contributed by atoms with Crippen LogP contribution in [0.1, 0.15) is 19.8 Å². The maximum absolute atomic E-state index is 5.09. The van der Waals surface area contributed by atoms with Crippen LogP contribution in [0.2, 0.25) is 0 Å². The van der Waals surface area contributed by atoms with Crippen LogP contribution in [0.3, 0.4) is 0 Å². The van der Waals surface area contributed by atoms with Crippen molar-refractivity contribution in [2.45, 2.75) is 19.8 Å². The second-order valence-electron chi connectivity index (χ2n) is 3.73. The van der Waals surface area contributed by atoms with E-state index >= 15 is 0 Å². The SMILES string of the molecule is CCOOCC1CC2C=CC1C2. The Bertz CT molecular complexity index is 177. The molecule has 12 heavy (non-hydrogen) atoms. The molecule has 0 aliphatic heterocycles. The first-order valence-electron chi connectivity index (χ1n) is 4.83. The largest absolute Gasteiger partial charge is 0.237 e. The normalized spacial score (nSPS) is 37.9. The van der Waals surface area contributed by atoms with E-state index in [2.05, 4.69) is 12.2 Å². The average molecular weight is 168 g/mol. The van der Waals surface area contributed by atoms with Gasteiger partial charge in [0, 0.05) is 0 Å². The molecular weight excluding hydrogens is 152 g/mol. The Morgan fingerprint density at radius 3 is 2.75 bits per heavy atom. The molecule has 2 aliphatic carbocycles. The zero-order chi connectivity index (χ0) is 8.39. The van der Waals surface area contributed by atoms with E-state index in [0.717, 1.165) is 18.4 Å². The second-order valence-corrected chi connectivity index (χ2v) is 3.73. The van der Waals surface area contributed by atoms with Gasteiger partial charge >= 0.3 is 0 Å². The highest BCUT2D eigenvalue weighted by Gasteiger charge is 2.35. The van der Waals surface area contributed by atoms with Gasteiger partial charge < -0.3 is 0 Å². The Morgan fingerprint density at radius 1 is 1.25 bits per heavy atom. The van der Waals surface area contributed by atoms with E-state index in [4.69, 9.17) is 9.78 Å². The van der Waals surface area contributed by atoms with Crippen LogP contribution in [-0.2, 0) is 9.78 Å². The Balaban J connectivity index is 1.73. The van der Waals surface area contributed by atoms with E-state index in [-0.39, 0.29) is 0 Å². The molecule has 0 radical (unpaired) electrons. The zero-order valence-electron chi connectivity index (χ0n) is 7.53. The fraction of sp³-hybridized carbons (Fsp3) is 0.800. The number of fused-ring (bicyclic) bond motifs is 2. The second kappa shape index (κ2) is 3.58. The van der Waals surface area contributed by atoms with Crippen LogP contribution in [0, 0.1) is 17.8 Å². The fourth-order valence-corrected chi connectivity index (χ4v) is 2.31. The number of hydrogen-bond donors (Lipinski definition) is 0. The smallest absolute Gasteiger partial charge is 0.0856 e. The van der Waals surface area contributed by atoms with Crippen molar-refractivity contribution >= 4 is 0 Å². The van der Waals surface area contributed by atoms with Crippen molar-refractivity contribution in [2.24, 2.45) is 17.8 Å². The average Bonchev–Trinajstić information content (AvgIpc) is 2.65. The Hall–Kier alpha value is -0.340. The first-order chi connectivity index (χ1) is 5.90. The highest BCUT2D eigenvalue weighted by Crippen LogP contribution is 2.43. The first-order valence-corrected chi connectivity index (χ1v) is 4.83. The van der Waals surface area contributed by atoms with E-state index in [1.165, 1.54) is 12.8 Å². The van der Waals surface area contributed by atoms with Gasteiger partial charge in [0.2, 0.25) is 0 Å². The molecule has 2 heteroatoms. The number of hydrogen-bond acceptors (Lipinski definition) is 2. The summed E-state index contributed by atoms with van der Waals surface area (Å²) in [7, 11) is 0. The van der Waals surface area contributed by atoms with Gasteiger partial charge in [0.05, 0.1) is 13.2 Å². The monoisotopic (exact) mass is 168 g/mol. The molecule has 0 aromatic heterocycles. The molecule has 1 fully saturated rings. The van der Waals surface area contributed by atoms with E-state index in [1.54, 1.807) is 0 Å². The third kappa shape index (κ3) is 1.54. The van der Waals surface area contributed by atoms with Crippen molar-refractivity contribution < 1.29 is 9.78 Å². The highest BCUT2D eigenvalue weighted by atomic mass is 17.2. The molecule has 0 N–H and O–H groups in total. The molecule has 0 spiro atoms. The highest BCUT2D eigenvalue weighted by molar-refractivity contribution is 5.09. The van der Waals surface area contributed by atoms with E-state index in [1.807, 2.05) is 6.92 Å². The summed E-state index contributed by atoms with van der Waals surface area (Å²) in [5.74, 6) is 2.33. The van der Waals surface area contributed by atoms with Crippen LogP contribution in [0.5, 0.6) is 0 Å². The van der Waals surface area contributed by atoms with Crippen LogP contribution < -0.4 is 0 Å². The molecule has 1 saturated carbocycles. The van der Waals surface area contributed by atoms with Crippen LogP contribution in [-0.4, -0.2) is 13.2 Å². The van der Waals surface area contributed by atoms with E-state index in [9.17, 15) is 0 Å². The zero-order valence-corrected chi connectivity index (χ0v) is 7.53. The van der Waals surface area contributed by atoms with Crippen molar-refractivity contribution in [2.75, 3.05) is 13.2 Å². The predicted molar refractivity (Wildman–Crippen MR) is 46.4 cm³/mol.